The van der Waals surface area contributed by atoms with Crippen LogP contribution in [-0.2, 0) is 11.2 Å². The molecule has 8 nitrogen and oxygen atoms in total. The first-order valence-corrected chi connectivity index (χ1v) is 10.3. The number of ether oxygens (including phenoxy) is 2. The molecular weight excluding hydrogens is 406 g/mol. The van der Waals surface area contributed by atoms with Gasteiger partial charge in [-0.3, -0.25) is 4.79 Å². The monoisotopic (exact) mass is 429 g/mol. The molecule has 162 valence electrons. The Hall–Kier alpha value is -4.20. The standard InChI is InChI=1S/C24H23N5O3/c1-2-31-20-12-14-22(15-13-20)32-21-10-8-19(9-11-21)26-24(30)23(29-17-25-27-28-29)16-18-6-4-3-5-7-18/h3-15,17,23H,2,16H2,1H3,(H,26,30)/t23-/m1/s1. The van der Waals surface area contributed by atoms with Gasteiger partial charge in [0.2, 0.25) is 5.91 Å². The van der Waals surface area contributed by atoms with E-state index in [4.69, 9.17) is 9.47 Å². The number of rotatable bonds is 9. The van der Waals surface area contributed by atoms with E-state index in [0.29, 0.717) is 30.2 Å². The lowest BCUT2D eigenvalue weighted by atomic mass is 10.1. The lowest BCUT2D eigenvalue weighted by molar-refractivity contribution is -0.119. The number of aromatic nitrogens is 4. The molecule has 0 aliphatic heterocycles. The molecule has 1 heterocycles. The number of carbonyl (C=O) groups excluding carboxylic acids is 1. The van der Waals surface area contributed by atoms with Gasteiger partial charge in [-0.1, -0.05) is 30.3 Å². The number of hydrogen-bond acceptors (Lipinski definition) is 6. The van der Waals surface area contributed by atoms with Gasteiger partial charge < -0.3 is 14.8 Å². The van der Waals surface area contributed by atoms with Crippen molar-refractivity contribution in [3.63, 3.8) is 0 Å². The molecule has 1 amide bonds. The molecule has 0 aliphatic rings. The highest BCUT2D eigenvalue weighted by Gasteiger charge is 2.22. The summed E-state index contributed by atoms with van der Waals surface area (Å²) in [5.74, 6) is 1.95. The van der Waals surface area contributed by atoms with Crippen molar-refractivity contribution in [1.82, 2.24) is 20.2 Å². The Kier molecular flexibility index (Phi) is 6.72. The minimum Gasteiger partial charge on any atom is -0.494 e. The van der Waals surface area contributed by atoms with Crippen LogP contribution in [0.15, 0.2) is 85.2 Å². The van der Waals surface area contributed by atoms with Crippen LogP contribution < -0.4 is 14.8 Å². The van der Waals surface area contributed by atoms with Gasteiger partial charge in [-0.15, -0.1) is 5.10 Å². The fourth-order valence-corrected chi connectivity index (χ4v) is 3.19. The van der Waals surface area contributed by atoms with Gasteiger partial charge in [0.25, 0.3) is 0 Å². The van der Waals surface area contributed by atoms with Gasteiger partial charge in [0.15, 0.2) is 0 Å². The topological polar surface area (TPSA) is 91.2 Å². The van der Waals surface area contributed by atoms with Crippen molar-refractivity contribution < 1.29 is 14.3 Å². The molecule has 3 aromatic carbocycles. The van der Waals surface area contributed by atoms with Crippen LogP contribution in [0.5, 0.6) is 17.2 Å². The lowest BCUT2D eigenvalue weighted by Crippen LogP contribution is -2.28. The SMILES string of the molecule is CCOc1ccc(Oc2ccc(NC(=O)[C@@H](Cc3ccccc3)n3cnnn3)cc2)cc1. The summed E-state index contributed by atoms with van der Waals surface area (Å²) in [5, 5.41) is 14.2. The second kappa shape index (κ2) is 10.2. The summed E-state index contributed by atoms with van der Waals surface area (Å²) < 4.78 is 12.8. The normalized spacial score (nSPS) is 11.5. The van der Waals surface area contributed by atoms with E-state index in [2.05, 4.69) is 20.8 Å². The Bertz CT molecular complexity index is 1110. The Labute approximate surface area is 185 Å². The minimum absolute atomic E-state index is 0.207. The second-order valence-corrected chi connectivity index (χ2v) is 7.02. The lowest BCUT2D eigenvalue weighted by Gasteiger charge is -2.16. The summed E-state index contributed by atoms with van der Waals surface area (Å²) >= 11 is 0. The van der Waals surface area contributed by atoms with Crippen molar-refractivity contribution >= 4 is 11.6 Å². The van der Waals surface area contributed by atoms with E-state index >= 15 is 0 Å². The van der Waals surface area contributed by atoms with E-state index in [9.17, 15) is 4.79 Å². The molecule has 1 aromatic heterocycles. The maximum Gasteiger partial charge on any atom is 0.249 e. The van der Waals surface area contributed by atoms with Crippen LogP contribution in [0.3, 0.4) is 0 Å². The van der Waals surface area contributed by atoms with E-state index in [0.717, 1.165) is 11.3 Å². The quantitative estimate of drug-likeness (QED) is 0.427. The van der Waals surface area contributed by atoms with Gasteiger partial charge in [-0.05, 0) is 71.4 Å². The first-order chi connectivity index (χ1) is 15.7. The summed E-state index contributed by atoms with van der Waals surface area (Å²) in [5.41, 5.74) is 1.67. The summed E-state index contributed by atoms with van der Waals surface area (Å²) in [6, 6.07) is 23.8. The van der Waals surface area contributed by atoms with Crippen LogP contribution in [0.2, 0.25) is 0 Å². The van der Waals surface area contributed by atoms with Crippen LogP contribution in [0.25, 0.3) is 0 Å². The van der Waals surface area contributed by atoms with Gasteiger partial charge in [0.1, 0.15) is 29.6 Å². The number of carbonyl (C=O) groups is 1. The fraction of sp³-hybridized carbons (Fsp3) is 0.167. The number of nitrogens with zero attached hydrogens (tertiary/aromatic N) is 4. The number of anilines is 1. The van der Waals surface area contributed by atoms with Gasteiger partial charge in [-0.25, -0.2) is 4.68 Å². The van der Waals surface area contributed by atoms with Crippen LogP contribution >= 0.6 is 0 Å². The van der Waals surface area contributed by atoms with E-state index in [1.54, 1.807) is 24.3 Å². The first-order valence-electron chi connectivity index (χ1n) is 10.3. The molecule has 1 N–H and O–H groups in total. The van der Waals surface area contributed by atoms with Gasteiger partial charge in [-0.2, -0.15) is 0 Å². The van der Waals surface area contributed by atoms with Crippen molar-refractivity contribution in [2.24, 2.45) is 0 Å². The van der Waals surface area contributed by atoms with E-state index in [1.165, 1.54) is 11.0 Å². The van der Waals surface area contributed by atoms with Crippen molar-refractivity contribution in [3.8, 4) is 17.2 Å². The molecule has 0 saturated carbocycles. The van der Waals surface area contributed by atoms with Crippen LogP contribution in [0, 0.1) is 0 Å². The maximum atomic E-state index is 13.0. The average molecular weight is 429 g/mol. The molecule has 0 saturated heterocycles. The Morgan fingerprint density at radius 2 is 1.59 bits per heavy atom. The molecule has 0 unspecified atom stereocenters. The summed E-state index contributed by atoms with van der Waals surface area (Å²) in [6.07, 6.45) is 1.91. The highest BCUT2D eigenvalue weighted by Crippen LogP contribution is 2.25. The number of amides is 1. The smallest absolute Gasteiger partial charge is 0.249 e. The molecule has 0 fully saturated rings. The molecule has 4 aromatic rings. The number of tetrazole rings is 1. The summed E-state index contributed by atoms with van der Waals surface area (Å²) in [6.45, 7) is 2.56. The van der Waals surface area contributed by atoms with Crippen molar-refractivity contribution in [1.29, 1.82) is 0 Å². The molecular formula is C24H23N5O3. The van der Waals surface area contributed by atoms with Crippen LogP contribution in [0.4, 0.5) is 5.69 Å². The summed E-state index contributed by atoms with van der Waals surface area (Å²) in [4.78, 5) is 13.0. The van der Waals surface area contributed by atoms with E-state index in [1.807, 2.05) is 61.5 Å². The third-order valence-electron chi connectivity index (χ3n) is 4.75. The van der Waals surface area contributed by atoms with Gasteiger partial charge in [0, 0.05) is 12.1 Å². The highest BCUT2D eigenvalue weighted by atomic mass is 16.5. The predicted octanol–water partition coefficient (Wildman–Crippen LogP) is 4.29. The molecule has 0 aliphatic carbocycles. The van der Waals surface area contributed by atoms with Gasteiger partial charge >= 0.3 is 0 Å². The van der Waals surface area contributed by atoms with E-state index in [-0.39, 0.29) is 5.91 Å². The molecule has 4 rings (SSSR count). The molecule has 0 spiro atoms. The second-order valence-electron chi connectivity index (χ2n) is 7.02. The molecule has 0 bridgehead atoms. The first kappa shape index (κ1) is 21.0. The van der Waals surface area contributed by atoms with Crippen molar-refractivity contribution in [2.45, 2.75) is 19.4 Å². The maximum absolute atomic E-state index is 13.0. The molecule has 8 heteroatoms. The Balaban J connectivity index is 1.41. The zero-order valence-corrected chi connectivity index (χ0v) is 17.6. The Morgan fingerprint density at radius 3 is 2.22 bits per heavy atom. The van der Waals surface area contributed by atoms with Gasteiger partial charge in [0.05, 0.1) is 6.61 Å². The zero-order chi connectivity index (χ0) is 22.2. The third kappa shape index (κ3) is 5.48. The number of hydrogen-bond donors (Lipinski definition) is 1. The van der Waals surface area contributed by atoms with Crippen molar-refractivity contribution in [2.75, 3.05) is 11.9 Å². The average Bonchev–Trinajstić information content (AvgIpc) is 3.35. The van der Waals surface area contributed by atoms with Crippen molar-refractivity contribution in [3.05, 3.63) is 90.8 Å². The third-order valence-corrected chi connectivity index (χ3v) is 4.75. The molecule has 0 radical (unpaired) electrons. The zero-order valence-electron chi connectivity index (χ0n) is 17.6. The molecule has 1 atom stereocenters. The molecule has 32 heavy (non-hydrogen) atoms. The largest absolute Gasteiger partial charge is 0.494 e. The van der Waals surface area contributed by atoms with E-state index < -0.39 is 6.04 Å². The fourth-order valence-electron chi connectivity index (χ4n) is 3.19. The predicted molar refractivity (Wildman–Crippen MR) is 120 cm³/mol. The van der Waals surface area contributed by atoms with Crippen LogP contribution in [0.1, 0.15) is 18.5 Å². The number of nitrogens with one attached hydrogen (secondary N) is 1. The minimum atomic E-state index is -0.577. The Morgan fingerprint density at radius 1 is 0.938 bits per heavy atom. The highest BCUT2D eigenvalue weighted by molar-refractivity contribution is 5.93. The number of benzene rings is 3. The van der Waals surface area contributed by atoms with Crippen LogP contribution in [-0.4, -0.2) is 32.7 Å². The summed E-state index contributed by atoms with van der Waals surface area (Å²) in [7, 11) is 0.